The van der Waals surface area contributed by atoms with Gasteiger partial charge in [-0.25, -0.2) is 4.39 Å². The number of halogens is 2. The second-order valence-corrected chi connectivity index (χ2v) is 6.28. The smallest absolute Gasteiger partial charge is 0.272 e. The summed E-state index contributed by atoms with van der Waals surface area (Å²) >= 11 is 10.9. The first-order valence-electron chi connectivity index (χ1n) is 7.29. The molecule has 0 fully saturated rings. The van der Waals surface area contributed by atoms with Crippen LogP contribution in [0, 0.1) is 5.82 Å². The van der Waals surface area contributed by atoms with Gasteiger partial charge in [-0.3, -0.25) is 15.6 Å². The molecule has 126 valence electrons. The van der Waals surface area contributed by atoms with Gasteiger partial charge in [0.25, 0.3) is 5.91 Å². The second kappa shape index (κ2) is 8.08. The third-order valence-corrected chi connectivity index (χ3v) is 3.74. The van der Waals surface area contributed by atoms with Crippen LogP contribution in [0.25, 0.3) is 0 Å². The van der Waals surface area contributed by atoms with Crippen molar-refractivity contribution in [3.8, 4) is 0 Å². The minimum atomic E-state index is -0.672. The number of thiocarbonyl (C=S) groups is 1. The standard InChI is InChI=1S/C17H17ClFN3OS/c1-10(2)11-3-6-13(7-4-11)20-17(24)22-21-16(23)14-9-12(18)5-8-15(14)19/h3-10H,1-2H3,(H,21,23)(H2,20,22,24). The van der Waals surface area contributed by atoms with Crippen LogP contribution < -0.4 is 16.2 Å². The maximum atomic E-state index is 13.6. The largest absolute Gasteiger partial charge is 0.331 e. The van der Waals surface area contributed by atoms with Gasteiger partial charge in [0.15, 0.2) is 5.11 Å². The van der Waals surface area contributed by atoms with Gasteiger partial charge in [0.1, 0.15) is 5.82 Å². The maximum Gasteiger partial charge on any atom is 0.272 e. The van der Waals surface area contributed by atoms with Gasteiger partial charge in [0.05, 0.1) is 5.56 Å². The summed E-state index contributed by atoms with van der Waals surface area (Å²) in [6.45, 7) is 4.22. The summed E-state index contributed by atoms with van der Waals surface area (Å²) in [7, 11) is 0. The molecule has 0 spiro atoms. The Balaban J connectivity index is 1.90. The van der Waals surface area contributed by atoms with Gasteiger partial charge >= 0.3 is 0 Å². The number of hydrogen-bond donors (Lipinski definition) is 3. The molecule has 0 saturated carbocycles. The van der Waals surface area contributed by atoms with E-state index < -0.39 is 11.7 Å². The number of benzene rings is 2. The predicted octanol–water partition coefficient (Wildman–Crippen LogP) is 4.23. The Labute approximate surface area is 150 Å². The summed E-state index contributed by atoms with van der Waals surface area (Å²) in [5.74, 6) is -0.896. The fourth-order valence-corrected chi connectivity index (χ4v) is 2.31. The molecule has 0 aliphatic carbocycles. The van der Waals surface area contributed by atoms with Gasteiger partial charge in [-0.1, -0.05) is 37.6 Å². The molecule has 0 aromatic heterocycles. The molecule has 24 heavy (non-hydrogen) atoms. The lowest BCUT2D eigenvalue weighted by Gasteiger charge is -2.13. The summed E-state index contributed by atoms with van der Waals surface area (Å²) in [5, 5.41) is 3.38. The van der Waals surface area contributed by atoms with E-state index in [-0.39, 0.29) is 15.7 Å². The van der Waals surface area contributed by atoms with Crippen LogP contribution >= 0.6 is 23.8 Å². The maximum absolute atomic E-state index is 13.6. The zero-order valence-electron chi connectivity index (χ0n) is 13.2. The zero-order chi connectivity index (χ0) is 17.7. The molecule has 0 radical (unpaired) electrons. The fraction of sp³-hybridized carbons (Fsp3) is 0.176. The van der Waals surface area contributed by atoms with Crippen molar-refractivity contribution in [2.24, 2.45) is 0 Å². The van der Waals surface area contributed by atoms with E-state index in [1.165, 1.54) is 17.7 Å². The van der Waals surface area contributed by atoms with Crippen LogP contribution in [0.2, 0.25) is 5.02 Å². The molecule has 0 heterocycles. The number of amides is 1. The van der Waals surface area contributed by atoms with E-state index in [2.05, 4.69) is 30.0 Å². The number of hydrazine groups is 1. The van der Waals surface area contributed by atoms with E-state index in [0.717, 1.165) is 11.8 Å². The highest BCUT2D eigenvalue weighted by molar-refractivity contribution is 7.80. The molecule has 7 heteroatoms. The number of anilines is 1. The van der Waals surface area contributed by atoms with Crippen LogP contribution in [0.4, 0.5) is 10.1 Å². The van der Waals surface area contributed by atoms with Crippen LogP contribution in [-0.2, 0) is 0 Å². The Morgan fingerprint density at radius 3 is 2.42 bits per heavy atom. The van der Waals surface area contributed by atoms with E-state index in [0.29, 0.717) is 5.92 Å². The third kappa shape index (κ3) is 4.91. The van der Waals surface area contributed by atoms with E-state index in [9.17, 15) is 9.18 Å². The quantitative estimate of drug-likeness (QED) is 0.562. The van der Waals surface area contributed by atoms with Crippen molar-refractivity contribution in [1.82, 2.24) is 10.9 Å². The Hall–Kier alpha value is -2.18. The Bertz CT molecular complexity index is 750. The molecule has 1 amide bonds. The van der Waals surface area contributed by atoms with Crippen molar-refractivity contribution in [3.63, 3.8) is 0 Å². The average molecular weight is 366 g/mol. The summed E-state index contributed by atoms with van der Waals surface area (Å²) in [5.41, 5.74) is 6.67. The molecule has 0 atom stereocenters. The second-order valence-electron chi connectivity index (χ2n) is 5.43. The normalized spacial score (nSPS) is 10.4. The third-order valence-electron chi connectivity index (χ3n) is 3.30. The summed E-state index contributed by atoms with van der Waals surface area (Å²) in [6.07, 6.45) is 0. The van der Waals surface area contributed by atoms with Gasteiger partial charge in [-0.15, -0.1) is 0 Å². The van der Waals surface area contributed by atoms with Gasteiger partial charge in [-0.05, 0) is 54.0 Å². The minimum absolute atomic E-state index is 0.168. The molecule has 3 N–H and O–H groups in total. The summed E-state index contributed by atoms with van der Waals surface area (Å²) < 4.78 is 13.6. The van der Waals surface area contributed by atoms with E-state index >= 15 is 0 Å². The lowest BCUT2D eigenvalue weighted by atomic mass is 10.0. The van der Waals surface area contributed by atoms with Crippen molar-refractivity contribution >= 4 is 40.5 Å². The van der Waals surface area contributed by atoms with Crippen molar-refractivity contribution in [3.05, 3.63) is 64.4 Å². The number of nitrogens with one attached hydrogen (secondary N) is 3. The molecule has 2 aromatic carbocycles. The van der Waals surface area contributed by atoms with Crippen LogP contribution in [0.3, 0.4) is 0 Å². The van der Waals surface area contributed by atoms with E-state index in [1.54, 1.807) is 0 Å². The van der Waals surface area contributed by atoms with Crippen LogP contribution in [0.1, 0.15) is 35.7 Å². The van der Waals surface area contributed by atoms with Gasteiger partial charge in [0, 0.05) is 10.7 Å². The SMILES string of the molecule is CC(C)c1ccc(NC(=S)NNC(=O)c2cc(Cl)ccc2F)cc1. The topological polar surface area (TPSA) is 53.2 Å². The summed E-state index contributed by atoms with van der Waals surface area (Å²) in [6, 6.07) is 11.5. The molecule has 2 aromatic rings. The van der Waals surface area contributed by atoms with Crippen molar-refractivity contribution in [2.75, 3.05) is 5.32 Å². The number of rotatable bonds is 3. The first-order chi connectivity index (χ1) is 11.4. The molecule has 0 aliphatic heterocycles. The molecule has 0 aliphatic rings. The Morgan fingerprint density at radius 1 is 1.12 bits per heavy atom. The number of carbonyl (C=O) groups is 1. The number of hydrogen-bond acceptors (Lipinski definition) is 2. The molecule has 4 nitrogen and oxygen atoms in total. The van der Waals surface area contributed by atoms with Crippen molar-refractivity contribution in [2.45, 2.75) is 19.8 Å². The average Bonchev–Trinajstić information content (AvgIpc) is 2.55. The monoisotopic (exact) mass is 365 g/mol. The molecule has 0 bridgehead atoms. The zero-order valence-corrected chi connectivity index (χ0v) is 14.8. The lowest BCUT2D eigenvalue weighted by molar-refractivity contribution is 0.0940. The molecule has 0 unspecified atom stereocenters. The first kappa shape index (κ1) is 18.2. The highest BCUT2D eigenvalue weighted by Gasteiger charge is 2.12. The fourth-order valence-electron chi connectivity index (χ4n) is 1.97. The van der Waals surface area contributed by atoms with E-state index in [4.69, 9.17) is 23.8 Å². The highest BCUT2D eigenvalue weighted by atomic mass is 35.5. The van der Waals surface area contributed by atoms with Gasteiger partial charge < -0.3 is 5.32 Å². The summed E-state index contributed by atoms with van der Waals surface area (Å²) in [4.78, 5) is 11.9. The molecule has 0 saturated heterocycles. The van der Waals surface area contributed by atoms with Crippen LogP contribution in [0.15, 0.2) is 42.5 Å². The van der Waals surface area contributed by atoms with Crippen molar-refractivity contribution < 1.29 is 9.18 Å². The van der Waals surface area contributed by atoms with Gasteiger partial charge in [-0.2, -0.15) is 0 Å². The molecule has 2 rings (SSSR count). The van der Waals surface area contributed by atoms with E-state index in [1.807, 2.05) is 24.3 Å². The first-order valence-corrected chi connectivity index (χ1v) is 8.08. The van der Waals surface area contributed by atoms with Crippen molar-refractivity contribution in [1.29, 1.82) is 0 Å². The van der Waals surface area contributed by atoms with Gasteiger partial charge in [0.2, 0.25) is 0 Å². The predicted molar refractivity (Wildman–Crippen MR) is 98.8 cm³/mol. The highest BCUT2D eigenvalue weighted by Crippen LogP contribution is 2.17. The minimum Gasteiger partial charge on any atom is -0.331 e. The molecular weight excluding hydrogens is 349 g/mol. The molecular formula is C17H17ClFN3OS. The number of carbonyl (C=O) groups excluding carboxylic acids is 1. The Kier molecular flexibility index (Phi) is 6.11. The lowest BCUT2D eigenvalue weighted by Crippen LogP contribution is -2.44. The Morgan fingerprint density at radius 2 is 1.79 bits per heavy atom. The van der Waals surface area contributed by atoms with Crippen LogP contribution in [0.5, 0.6) is 0 Å². The van der Waals surface area contributed by atoms with Crippen LogP contribution in [-0.4, -0.2) is 11.0 Å².